The Labute approximate surface area is 142 Å². The quantitative estimate of drug-likeness (QED) is 0.807. The summed E-state index contributed by atoms with van der Waals surface area (Å²) >= 11 is 0. The molecule has 0 atom stereocenters. The van der Waals surface area contributed by atoms with Crippen LogP contribution in [0.1, 0.15) is 13.8 Å². The number of pyridine rings is 1. The third-order valence-electron chi connectivity index (χ3n) is 3.53. The zero-order valence-corrected chi connectivity index (χ0v) is 14.3. The number of carbonyl (C=O) groups is 1. The normalized spacial score (nSPS) is 10.1. The molecule has 6 nitrogen and oxygen atoms in total. The molecule has 0 unspecified atom stereocenters. The van der Waals surface area contributed by atoms with Crippen molar-refractivity contribution < 1.29 is 14.3 Å². The molecule has 0 aliphatic rings. The molecule has 0 spiro atoms. The maximum atomic E-state index is 12.0. The van der Waals surface area contributed by atoms with E-state index < -0.39 is 0 Å². The first-order chi connectivity index (χ1) is 11.7. The van der Waals surface area contributed by atoms with Crippen LogP contribution in [0.4, 0.5) is 11.5 Å². The van der Waals surface area contributed by atoms with Crippen LogP contribution in [0.25, 0.3) is 0 Å². The molecule has 24 heavy (non-hydrogen) atoms. The molecular weight excluding hydrogens is 306 g/mol. The monoisotopic (exact) mass is 329 g/mol. The van der Waals surface area contributed by atoms with E-state index in [1.54, 1.807) is 25.4 Å². The molecule has 1 N–H and O–H groups in total. The summed E-state index contributed by atoms with van der Waals surface area (Å²) in [6, 6.07) is 10.9. The van der Waals surface area contributed by atoms with Crippen molar-refractivity contribution in [3.05, 3.63) is 42.6 Å². The van der Waals surface area contributed by atoms with Crippen molar-refractivity contribution in [3.63, 3.8) is 0 Å². The number of nitrogens with one attached hydrogen (secondary N) is 1. The van der Waals surface area contributed by atoms with Crippen molar-refractivity contribution in [2.24, 2.45) is 0 Å². The van der Waals surface area contributed by atoms with E-state index in [4.69, 9.17) is 9.47 Å². The first kappa shape index (κ1) is 17.6. The minimum atomic E-state index is -0.241. The standard InChI is InChI=1S/C18H23N3O3/c1-4-21(5-2)17-10-9-14(12-19-17)20-18(22)13-24-16-8-6-7-15(11-16)23-3/h6-12H,4-5,13H2,1-3H3,(H,20,22). The van der Waals surface area contributed by atoms with Gasteiger partial charge >= 0.3 is 0 Å². The van der Waals surface area contributed by atoms with Gasteiger partial charge in [0, 0.05) is 19.2 Å². The van der Waals surface area contributed by atoms with Gasteiger partial charge in [0.2, 0.25) is 0 Å². The number of carbonyl (C=O) groups excluding carboxylic acids is 1. The fraction of sp³-hybridized carbons (Fsp3) is 0.333. The van der Waals surface area contributed by atoms with Crippen molar-refractivity contribution in [1.29, 1.82) is 0 Å². The third kappa shape index (κ3) is 4.87. The van der Waals surface area contributed by atoms with Crippen molar-refractivity contribution in [1.82, 2.24) is 4.98 Å². The van der Waals surface area contributed by atoms with Gasteiger partial charge in [0.15, 0.2) is 6.61 Å². The lowest BCUT2D eigenvalue weighted by Crippen LogP contribution is -2.23. The zero-order valence-electron chi connectivity index (χ0n) is 14.3. The van der Waals surface area contributed by atoms with Crippen LogP contribution in [0.5, 0.6) is 11.5 Å². The van der Waals surface area contributed by atoms with E-state index >= 15 is 0 Å². The molecule has 2 aromatic rings. The number of nitrogens with zero attached hydrogens (tertiary/aromatic N) is 2. The van der Waals surface area contributed by atoms with E-state index in [1.807, 2.05) is 24.3 Å². The SMILES string of the molecule is CCN(CC)c1ccc(NC(=O)COc2cccc(OC)c2)cn1. The van der Waals surface area contributed by atoms with Crippen molar-refractivity contribution in [2.45, 2.75) is 13.8 Å². The smallest absolute Gasteiger partial charge is 0.262 e. The van der Waals surface area contributed by atoms with Crippen LogP contribution in [-0.2, 0) is 4.79 Å². The van der Waals surface area contributed by atoms with Crippen LogP contribution in [0.2, 0.25) is 0 Å². The van der Waals surface area contributed by atoms with E-state index in [9.17, 15) is 4.79 Å². The largest absolute Gasteiger partial charge is 0.497 e. The van der Waals surface area contributed by atoms with Crippen molar-refractivity contribution >= 4 is 17.4 Å². The lowest BCUT2D eigenvalue weighted by molar-refractivity contribution is -0.118. The van der Waals surface area contributed by atoms with Gasteiger partial charge < -0.3 is 19.7 Å². The average Bonchev–Trinajstić information content (AvgIpc) is 2.62. The number of methoxy groups -OCH3 is 1. The van der Waals surface area contributed by atoms with Gasteiger partial charge in [-0.3, -0.25) is 4.79 Å². The summed E-state index contributed by atoms with van der Waals surface area (Å²) in [5, 5.41) is 2.77. The number of rotatable bonds is 8. The maximum Gasteiger partial charge on any atom is 0.262 e. The van der Waals surface area contributed by atoms with Crippen LogP contribution in [0, 0.1) is 0 Å². The zero-order chi connectivity index (χ0) is 17.4. The van der Waals surface area contributed by atoms with Crippen molar-refractivity contribution in [3.8, 4) is 11.5 Å². The molecule has 0 aliphatic heterocycles. The highest BCUT2D eigenvalue weighted by molar-refractivity contribution is 5.91. The lowest BCUT2D eigenvalue weighted by Gasteiger charge is -2.19. The predicted octanol–water partition coefficient (Wildman–Crippen LogP) is 2.95. The molecule has 6 heteroatoms. The highest BCUT2D eigenvalue weighted by Crippen LogP contribution is 2.19. The van der Waals surface area contributed by atoms with Gasteiger partial charge in [-0.15, -0.1) is 0 Å². The molecular formula is C18H23N3O3. The lowest BCUT2D eigenvalue weighted by atomic mass is 10.3. The average molecular weight is 329 g/mol. The highest BCUT2D eigenvalue weighted by Gasteiger charge is 2.07. The summed E-state index contributed by atoms with van der Waals surface area (Å²) < 4.78 is 10.6. The molecule has 1 aromatic carbocycles. The van der Waals surface area contributed by atoms with Gasteiger partial charge in [-0.25, -0.2) is 4.98 Å². The van der Waals surface area contributed by atoms with E-state index in [1.165, 1.54) is 0 Å². The van der Waals surface area contributed by atoms with E-state index in [0.29, 0.717) is 17.2 Å². The van der Waals surface area contributed by atoms with Gasteiger partial charge in [-0.2, -0.15) is 0 Å². The molecule has 0 radical (unpaired) electrons. The molecule has 0 saturated heterocycles. The molecule has 2 rings (SSSR count). The number of amides is 1. The Hall–Kier alpha value is -2.76. The predicted molar refractivity (Wildman–Crippen MR) is 94.9 cm³/mol. The second-order valence-electron chi connectivity index (χ2n) is 5.09. The first-order valence-corrected chi connectivity index (χ1v) is 7.94. The molecule has 1 heterocycles. The summed E-state index contributed by atoms with van der Waals surface area (Å²) in [6.45, 7) is 5.87. The van der Waals surface area contributed by atoms with E-state index in [-0.39, 0.29) is 12.5 Å². The Bertz CT molecular complexity index is 655. The molecule has 0 bridgehead atoms. The Kier molecular flexibility index (Phi) is 6.42. The minimum absolute atomic E-state index is 0.0784. The Morgan fingerprint density at radius 1 is 1.17 bits per heavy atom. The molecule has 0 fully saturated rings. The molecule has 0 saturated carbocycles. The maximum absolute atomic E-state index is 12.0. The third-order valence-corrected chi connectivity index (χ3v) is 3.53. The van der Waals surface area contributed by atoms with Crippen LogP contribution in [0.15, 0.2) is 42.6 Å². The second kappa shape index (κ2) is 8.76. The molecule has 128 valence electrons. The molecule has 1 aromatic heterocycles. The topological polar surface area (TPSA) is 63.7 Å². The summed E-state index contributed by atoms with van der Waals surface area (Å²) in [7, 11) is 1.58. The van der Waals surface area contributed by atoms with Gasteiger partial charge in [-0.05, 0) is 38.1 Å². The van der Waals surface area contributed by atoms with Crippen LogP contribution in [0.3, 0.4) is 0 Å². The second-order valence-corrected chi connectivity index (χ2v) is 5.09. The number of anilines is 2. The van der Waals surface area contributed by atoms with Crippen LogP contribution < -0.4 is 19.7 Å². The fourth-order valence-electron chi connectivity index (χ4n) is 2.23. The number of ether oxygens (including phenoxy) is 2. The minimum Gasteiger partial charge on any atom is -0.497 e. The summed E-state index contributed by atoms with van der Waals surface area (Å²) in [4.78, 5) is 18.5. The van der Waals surface area contributed by atoms with E-state index in [0.717, 1.165) is 18.9 Å². The number of hydrogen-bond donors (Lipinski definition) is 1. The Morgan fingerprint density at radius 2 is 1.92 bits per heavy atom. The van der Waals surface area contributed by atoms with E-state index in [2.05, 4.69) is 29.0 Å². The molecule has 1 amide bonds. The Balaban J connectivity index is 1.87. The number of hydrogen-bond acceptors (Lipinski definition) is 5. The molecule has 0 aliphatic carbocycles. The summed E-state index contributed by atoms with van der Waals surface area (Å²) in [5.74, 6) is 1.92. The van der Waals surface area contributed by atoms with Crippen LogP contribution in [-0.4, -0.2) is 37.7 Å². The Morgan fingerprint density at radius 3 is 2.54 bits per heavy atom. The first-order valence-electron chi connectivity index (χ1n) is 7.94. The van der Waals surface area contributed by atoms with Crippen LogP contribution >= 0.6 is 0 Å². The summed E-state index contributed by atoms with van der Waals surface area (Å²) in [6.07, 6.45) is 1.65. The summed E-state index contributed by atoms with van der Waals surface area (Å²) in [5.41, 5.74) is 0.644. The van der Waals surface area contributed by atoms with Gasteiger partial charge in [-0.1, -0.05) is 6.07 Å². The van der Waals surface area contributed by atoms with Gasteiger partial charge in [0.05, 0.1) is 19.0 Å². The fourth-order valence-corrected chi connectivity index (χ4v) is 2.23. The number of benzene rings is 1. The van der Waals surface area contributed by atoms with Gasteiger partial charge in [0.25, 0.3) is 5.91 Å². The highest BCUT2D eigenvalue weighted by atomic mass is 16.5. The van der Waals surface area contributed by atoms with Gasteiger partial charge in [0.1, 0.15) is 17.3 Å². The number of aromatic nitrogens is 1. The van der Waals surface area contributed by atoms with Crippen molar-refractivity contribution in [2.75, 3.05) is 37.0 Å².